The van der Waals surface area contributed by atoms with Gasteiger partial charge >= 0.3 is 0 Å². The van der Waals surface area contributed by atoms with Gasteiger partial charge in [0.1, 0.15) is 29.4 Å². The molecule has 1 fully saturated rings. The van der Waals surface area contributed by atoms with Gasteiger partial charge in [0.25, 0.3) is 0 Å². The van der Waals surface area contributed by atoms with E-state index in [2.05, 4.69) is 20.7 Å². The SMILES string of the molecule is Cn1cc(-c2ccc(F)cc2)c(C(=O)[C@@H](Nc2ccc(C#N)cn2)C2CCCCN2)n1. The number of anilines is 1. The van der Waals surface area contributed by atoms with E-state index in [0.29, 0.717) is 22.6 Å². The summed E-state index contributed by atoms with van der Waals surface area (Å²) in [5, 5.41) is 20.1. The minimum Gasteiger partial charge on any atom is -0.358 e. The van der Waals surface area contributed by atoms with E-state index >= 15 is 0 Å². The first kappa shape index (κ1) is 20.7. The quantitative estimate of drug-likeness (QED) is 0.597. The molecule has 0 bridgehead atoms. The minimum atomic E-state index is -0.588. The van der Waals surface area contributed by atoms with Crippen molar-refractivity contribution >= 4 is 11.6 Å². The lowest BCUT2D eigenvalue weighted by atomic mass is 9.91. The summed E-state index contributed by atoms with van der Waals surface area (Å²) in [5.74, 6) is 0.0211. The molecular formula is C23H23FN6O. The van der Waals surface area contributed by atoms with Crippen LogP contribution in [0.5, 0.6) is 0 Å². The van der Waals surface area contributed by atoms with Crippen LogP contribution in [0, 0.1) is 17.1 Å². The predicted molar refractivity (Wildman–Crippen MR) is 115 cm³/mol. The third-order valence-electron chi connectivity index (χ3n) is 5.45. The van der Waals surface area contributed by atoms with E-state index in [9.17, 15) is 9.18 Å². The standard InChI is InChI=1S/C23H23FN6O/c1-30-14-18(16-6-8-17(24)9-7-16)21(29-30)23(31)22(19-4-2-3-11-26-19)28-20-10-5-15(12-25)13-27-20/h5-10,13-14,19,22,26H,2-4,11H2,1H3,(H,27,28)/t19?,22-/m0/s1. The van der Waals surface area contributed by atoms with Gasteiger partial charge in [-0.2, -0.15) is 10.4 Å². The van der Waals surface area contributed by atoms with E-state index in [4.69, 9.17) is 5.26 Å². The molecule has 2 aromatic heterocycles. The van der Waals surface area contributed by atoms with Crippen LogP contribution in [0.4, 0.5) is 10.2 Å². The van der Waals surface area contributed by atoms with Crippen molar-refractivity contribution in [1.29, 1.82) is 5.26 Å². The molecule has 0 amide bonds. The van der Waals surface area contributed by atoms with E-state index in [0.717, 1.165) is 31.4 Å². The zero-order valence-corrected chi connectivity index (χ0v) is 17.2. The normalized spacial score (nSPS) is 17.0. The summed E-state index contributed by atoms with van der Waals surface area (Å²) < 4.78 is 15.0. The number of hydrogen-bond acceptors (Lipinski definition) is 6. The molecule has 7 nitrogen and oxygen atoms in total. The maximum atomic E-state index is 13.7. The fourth-order valence-corrected chi connectivity index (χ4v) is 3.88. The number of nitrogens with zero attached hydrogens (tertiary/aromatic N) is 4. The number of nitrogens with one attached hydrogen (secondary N) is 2. The lowest BCUT2D eigenvalue weighted by Crippen LogP contribution is -2.51. The maximum absolute atomic E-state index is 13.7. The highest BCUT2D eigenvalue weighted by molar-refractivity contribution is 6.05. The highest BCUT2D eigenvalue weighted by Crippen LogP contribution is 2.26. The Bertz CT molecular complexity index is 1090. The van der Waals surface area contributed by atoms with Crippen LogP contribution < -0.4 is 10.6 Å². The number of ketones is 1. The topological polar surface area (TPSA) is 95.6 Å². The largest absolute Gasteiger partial charge is 0.358 e. The lowest BCUT2D eigenvalue weighted by Gasteiger charge is -2.31. The summed E-state index contributed by atoms with van der Waals surface area (Å²) in [6.07, 6.45) is 6.18. The third-order valence-corrected chi connectivity index (χ3v) is 5.45. The molecule has 1 aromatic carbocycles. The number of aryl methyl sites for hydroxylation is 1. The second kappa shape index (κ2) is 9.06. The first-order valence-corrected chi connectivity index (χ1v) is 10.2. The molecule has 8 heteroatoms. The molecule has 2 atom stereocenters. The van der Waals surface area contributed by atoms with E-state index in [1.807, 2.05) is 6.07 Å². The van der Waals surface area contributed by atoms with Crippen LogP contribution >= 0.6 is 0 Å². The monoisotopic (exact) mass is 418 g/mol. The number of benzene rings is 1. The number of Topliss-reactive ketones (excluding diaryl/α,β-unsaturated/α-hetero) is 1. The average molecular weight is 418 g/mol. The van der Waals surface area contributed by atoms with Crippen molar-refractivity contribution in [3.8, 4) is 17.2 Å². The molecule has 1 aliphatic heterocycles. The predicted octanol–water partition coefficient (Wildman–Crippen LogP) is 3.30. The van der Waals surface area contributed by atoms with Crippen molar-refractivity contribution in [2.45, 2.75) is 31.3 Å². The zero-order valence-electron chi connectivity index (χ0n) is 17.2. The Labute approximate surface area is 179 Å². The van der Waals surface area contributed by atoms with Gasteiger partial charge < -0.3 is 10.6 Å². The molecule has 1 unspecified atom stereocenters. The first-order valence-electron chi connectivity index (χ1n) is 10.2. The molecule has 0 aliphatic carbocycles. The van der Waals surface area contributed by atoms with Gasteiger partial charge in [-0.15, -0.1) is 0 Å². The molecule has 2 N–H and O–H groups in total. The number of rotatable bonds is 6. The van der Waals surface area contributed by atoms with Gasteiger partial charge in [0, 0.05) is 31.0 Å². The first-order chi connectivity index (χ1) is 15.0. The summed E-state index contributed by atoms with van der Waals surface area (Å²) in [7, 11) is 1.76. The molecular weight excluding hydrogens is 395 g/mol. The molecule has 0 radical (unpaired) electrons. The number of pyridine rings is 1. The van der Waals surface area contributed by atoms with E-state index < -0.39 is 6.04 Å². The molecule has 31 heavy (non-hydrogen) atoms. The van der Waals surface area contributed by atoms with E-state index in [1.165, 1.54) is 18.3 Å². The number of carbonyl (C=O) groups is 1. The van der Waals surface area contributed by atoms with Crippen LogP contribution in [-0.2, 0) is 7.05 Å². The van der Waals surface area contributed by atoms with Gasteiger partial charge in [-0.25, -0.2) is 9.37 Å². The Hall–Kier alpha value is -3.57. The van der Waals surface area contributed by atoms with Gasteiger partial charge in [0.15, 0.2) is 0 Å². The number of piperidine rings is 1. The molecule has 3 aromatic rings. The van der Waals surface area contributed by atoms with Crippen LogP contribution in [0.15, 0.2) is 48.8 Å². The molecule has 1 saturated heterocycles. The zero-order chi connectivity index (χ0) is 21.8. The van der Waals surface area contributed by atoms with E-state index in [-0.39, 0.29) is 17.6 Å². The molecule has 0 spiro atoms. The van der Waals surface area contributed by atoms with Crippen LogP contribution in [0.3, 0.4) is 0 Å². The summed E-state index contributed by atoms with van der Waals surface area (Å²) in [6, 6.07) is 10.8. The molecule has 4 rings (SSSR count). The number of hydrogen-bond donors (Lipinski definition) is 2. The van der Waals surface area contributed by atoms with Crippen molar-refractivity contribution in [3.63, 3.8) is 0 Å². The minimum absolute atomic E-state index is 0.0817. The Kier molecular flexibility index (Phi) is 6.05. The fourth-order valence-electron chi connectivity index (χ4n) is 3.88. The Morgan fingerprint density at radius 3 is 2.74 bits per heavy atom. The number of aromatic nitrogens is 3. The highest BCUT2D eigenvalue weighted by atomic mass is 19.1. The molecule has 158 valence electrons. The number of carbonyl (C=O) groups excluding carboxylic acids is 1. The average Bonchev–Trinajstić information content (AvgIpc) is 3.20. The molecule has 0 saturated carbocycles. The lowest BCUT2D eigenvalue weighted by molar-refractivity contribution is 0.0940. The summed E-state index contributed by atoms with van der Waals surface area (Å²) in [5.41, 5.74) is 2.16. The Balaban J connectivity index is 1.68. The van der Waals surface area contributed by atoms with Gasteiger partial charge in [-0.05, 0) is 49.2 Å². The van der Waals surface area contributed by atoms with Crippen molar-refractivity contribution in [3.05, 3.63) is 65.9 Å². The van der Waals surface area contributed by atoms with Crippen LogP contribution in [0.2, 0.25) is 0 Å². The Morgan fingerprint density at radius 2 is 2.10 bits per heavy atom. The van der Waals surface area contributed by atoms with Crippen LogP contribution in [0.25, 0.3) is 11.1 Å². The molecule has 3 heterocycles. The van der Waals surface area contributed by atoms with Crippen molar-refractivity contribution in [2.75, 3.05) is 11.9 Å². The fraction of sp³-hybridized carbons (Fsp3) is 0.304. The van der Waals surface area contributed by atoms with Gasteiger partial charge in [0.2, 0.25) is 5.78 Å². The van der Waals surface area contributed by atoms with Gasteiger partial charge in [-0.1, -0.05) is 18.6 Å². The van der Waals surface area contributed by atoms with Crippen molar-refractivity contribution < 1.29 is 9.18 Å². The Morgan fingerprint density at radius 1 is 1.29 bits per heavy atom. The third kappa shape index (κ3) is 4.62. The number of halogens is 1. The van der Waals surface area contributed by atoms with Crippen LogP contribution in [-0.4, -0.2) is 39.2 Å². The number of nitriles is 1. The second-order valence-corrected chi connectivity index (χ2v) is 7.66. The smallest absolute Gasteiger partial charge is 0.207 e. The summed E-state index contributed by atoms with van der Waals surface area (Å²) >= 11 is 0. The highest BCUT2D eigenvalue weighted by Gasteiger charge is 2.33. The van der Waals surface area contributed by atoms with Gasteiger partial charge in [-0.3, -0.25) is 9.48 Å². The van der Waals surface area contributed by atoms with E-state index in [1.54, 1.807) is 42.2 Å². The summed E-state index contributed by atoms with van der Waals surface area (Å²) in [6.45, 7) is 0.837. The van der Waals surface area contributed by atoms with Crippen molar-refractivity contribution in [2.24, 2.45) is 7.05 Å². The molecule has 1 aliphatic rings. The summed E-state index contributed by atoms with van der Waals surface area (Å²) in [4.78, 5) is 18.0. The maximum Gasteiger partial charge on any atom is 0.207 e. The van der Waals surface area contributed by atoms with Gasteiger partial charge in [0.05, 0.1) is 5.56 Å². The van der Waals surface area contributed by atoms with Crippen molar-refractivity contribution in [1.82, 2.24) is 20.1 Å². The second-order valence-electron chi connectivity index (χ2n) is 7.66. The van der Waals surface area contributed by atoms with Crippen LogP contribution in [0.1, 0.15) is 35.3 Å².